The lowest BCUT2D eigenvalue weighted by Gasteiger charge is -2.33. The van der Waals surface area contributed by atoms with Crippen LogP contribution in [0.4, 0.5) is 11.4 Å². The topological polar surface area (TPSA) is 107 Å². The van der Waals surface area contributed by atoms with Crippen LogP contribution >= 0.6 is 0 Å². The van der Waals surface area contributed by atoms with Crippen LogP contribution in [0, 0.1) is 16.0 Å². The molecule has 1 fully saturated rings. The van der Waals surface area contributed by atoms with Crippen molar-refractivity contribution in [3.8, 4) is 0 Å². The van der Waals surface area contributed by atoms with Gasteiger partial charge in [-0.05, 0) is 25.8 Å². The molecule has 112 valence electrons. The number of amides is 1. The van der Waals surface area contributed by atoms with Gasteiger partial charge < -0.3 is 10.6 Å². The van der Waals surface area contributed by atoms with Gasteiger partial charge in [0.15, 0.2) is 5.78 Å². The third-order valence-corrected chi connectivity index (χ3v) is 3.81. The van der Waals surface area contributed by atoms with E-state index in [1.54, 1.807) is 6.07 Å². The van der Waals surface area contributed by atoms with Crippen molar-refractivity contribution >= 4 is 23.1 Å². The fourth-order valence-electron chi connectivity index (χ4n) is 2.60. The highest BCUT2D eigenvalue weighted by atomic mass is 16.6. The molecular formula is C14H17N3O4. The van der Waals surface area contributed by atoms with Crippen molar-refractivity contribution < 1.29 is 14.5 Å². The number of carbonyl (C=O) groups is 2. The third kappa shape index (κ3) is 3.18. The lowest BCUT2D eigenvalue weighted by molar-refractivity contribution is -0.384. The fraction of sp³-hybridized carbons (Fsp3) is 0.429. The largest absolute Gasteiger partial charge is 0.371 e. The van der Waals surface area contributed by atoms with Crippen LogP contribution in [0.2, 0.25) is 0 Å². The monoisotopic (exact) mass is 291 g/mol. The van der Waals surface area contributed by atoms with E-state index in [1.807, 2.05) is 4.90 Å². The summed E-state index contributed by atoms with van der Waals surface area (Å²) in [4.78, 5) is 35.2. The summed E-state index contributed by atoms with van der Waals surface area (Å²) in [7, 11) is 0. The van der Waals surface area contributed by atoms with Crippen molar-refractivity contribution in [3.63, 3.8) is 0 Å². The SMILES string of the molecule is CC(=O)c1cc([N+](=O)[O-])ccc1N1CCC(C(N)=O)CC1. The van der Waals surface area contributed by atoms with Crippen molar-refractivity contribution in [2.75, 3.05) is 18.0 Å². The van der Waals surface area contributed by atoms with Crippen LogP contribution in [0.5, 0.6) is 0 Å². The summed E-state index contributed by atoms with van der Waals surface area (Å²) < 4.78 is 0. The molecule has 0 bridgehead atoms. The Morgan fingerprint density at radius 1 is 1.33 bits per heavy atom. The van der Waals surface area contributed by atoms with Crippen molar-refractivity contribution in [1.29, 1.82) is 0 Å². The Kier molecular flexibility index (Phi) is 4.21. The van der Waals surface area contributed by atoms with E-state index in [2.05, 4.69) is 0 Å². The van der Waals surface area contributed by atoms with E-state index < -0.39 is 4.92 Å². The summed E-state index contributed by atoms with van der Waals surface area (Å²) in [5, 5.41) is 10.8. The van der Waals surface area contributed by atoms with Crippen LogP contribution < -0.4 is 10.6 Å². The minimum Gasteiger partial charge on any atom is -0.371 e. The number of benzene rings is 1. The zero-order valence-electron chi connectivity index (χ0n) is 11.7. The maximum absolute atomic E-state index is 11.7. The molecule has 0 saturated carbocycles. The molecule has 0 atom stereocenters. The van der Waals surface area contributed by atoms with E-state index >= 15 is 0 Å². The first-order chi connectivity index (χ1) is 9.90. The lowest BCUT2D eigenvalue weighted by atomic mass is 9.95. The van der Waals surface area contributed by atoms with E-state index in [1.165, 1.54) is 19.1 Å². The van der Waals surface area contributed by atoms with E-state index in [4.69, 9.17) is 5.73 Å². The Hall–Kier alpha value is -2.44. The van der Waals surface area contributed by atoms with Gasteiger partial charge in [0.2, 0.25) is 5.91 Å². The van der Waals surface area contributed by atoms with E-state index in [0.29, 0.717) is 37.2 Å². The normalized spacial score (nSPS) is 15.8. The average Bonchev–Trinajstić information content (AvgIpc) is 2.46. The van der Waals surface area contributed by atoms with E-state index in [0.717, 1.165) is 0 Å². The number of nitrogens with two attached hydrogens (primary N) is 1. The van der Waals surface area contributed by atoms with Crippen LogP contribution in [-0.2, 0) is 4.79 Å². The second kappa shape index (κ2) is 5.90. The van der Waals surface area contributed by atoms with Crippen LogP contribution in [0.15, 0.2) is 18.2 Å². The van der Waals surface area contributed by atoms with Gasteiger partial charge in [-0.15, -0.1) is 0 Å². The van der Waals surface area contributed by atoms with E-state index in [-0.39, 0.29) is 23.3 Å². The number of hydrogen-bond donors (Lipinski definition) is 1. The molecule has 21 heavy (non-hydrogen) atoms. The third-order valence-electron chi connectivity index (χ3n) is 3.81. The standard InChI is InChI=1S/C14H17N3O4/c1-9(18)12-8-11(17(20)21)2-3-13(12)16-6-4-10(5-7-16)14(15)19/h2-3,8,10H,4-7H2,1H3,(H2,15,19). The van der Waals surface area contributed by atoms with Gasteiger partial charge in [-0.1, -0.05) is 0 Å². The molecule has 1 saturated heterocycles. The Balaban J connectivity index is 2.26. The molecule has 1 amide bonds. The van der Waals surface area contributed by atoms with Crippen molar-refractivity contribution in [1.82, 2.24) is 0 Å². The number of nitro benzene ring substituents is 1. The average molecular weight is 291 g/mol. The van der Waals surface area contributed by atoms with Gasteiger partial charge in [0.05, 0.1) is 4.92 Å². The molecule has 0 aromatic heterocycles. The maximum Gasteiger partial charge on any atom is 0.270 e. The number of carbonyl (C=O) groups excluding carboxylic acids is 2. The number of nitro groups is 1. The number of hydrogen-bond acceptors (Lipinski definition) is 5. The smallest absolute Gasteiger partial charge is 0.270 e. The van der Waals surface area contributed by atoms with E-state index in [9.17, 15) is 19.7 Å². The molecule has 1 aliphatic rings. The Labute approximate surface area is 121 Å². The number of ketones is 1. The molecule has 1 heterocycles. The number of primary amides is 1. The highest BCUT2D eigenvalue weighted by molar-refractivity contribution is 6.00. The summed E-state index contributed by atoms with van der Waals surface area (Å²) in [6.45, 7) is 2.59. The predicted molar refractivity (Wildman–Crippen MR) is 77.2 cm³/mol. The number of piperidine rings is 1. The zero-order chi connectivity index (χ0) is 15.6. The Bertz CT molecular complexity index is 592. The van der Waals surface area contributed by atoms with Crippen LogP contribution in [0.25, 0.3) is 0 Å². The van der Waals surface area contributed by atoms with Gasteiger partial charge >= 0.3 is 0 Å². The summed E-state index contributed by atoms with van der Waals surface area (Å²) >= 11 is 0. The lowest BCUT2D eigenvalue weighted by Crippen LogP contribution is -2.39. The number of Topliss-reactive ketones (excluding diaryl/α,β-unsaturated/α-hetero) is 1. The summed E-state index contributed by atoms with van der Waals surface area (Å²) in [6, 6.07) is 4.29. The molecule has 2 rings (SSSR count). The van der Waals surface area contributed by atoms with Crippen LogP contribution in [-0.4, -0.2) is 29.7 Å². The van der Waals surface area contributed by atoms with Crippen molar-refractivity contribution in [2.45, 2.75) is 19.8 Å². The minimum atomic E-state index is -0.518. The quantitative estimate of drug-likeness (QED) is 0.514. The summed E-state index contributed by atoms with van der Waals surface area (Å²) in [6.07, 6.45) is 1.26. The van der Waals surface area contributed by atoms with Gasteiger partial charge in [-0.3, -0.25) is 19.7 Å². The molecule has 0 aliphatic carbocycles. The fourth-order valence-corrected chi connectivity index (χ4v) is 2.60. The van der Waals surface area contributed by atoms with Crippen molar-refractivity contribution in [2.24, 2.45) is 11.7 Å². The van der Waals surface area contributed by atoms with Gasteiger partial charge in [0.1, 0.15) is 0 Å². The highest BCUT2D eigenvalue weighted by Gasteiger charge is 2.25. The van der Waals surface area contributed by atoms with Gasteiger partial charge in [-0.2, -0.15) is 0 Å². The molecule has 2 N–H and O–H groups in total. The van der Waals surface area contributed by atoms with Crippen molar-refractivity contribution in [3.05, 3.63) is 33.9 Å². The number of nitrogens with zero attached hydrogens (tertiary/aromatic N) is 2. The molecule has 7 nitrogen and oxygen atoms in total. The first-order valence-corrected chi connectivity index (χ1v) is 6.73. The molecule has 1 aliphatic heterocycles. The highest BCUT2D eigenvalue weighted by Crippen LogP contribution is 2.29. The zero-order valence-corrected chi connectivity index (χ0v) is 11.7. The van der Waals surface area contributed by atoms with Gasteiger partial charge in [-0.25, -0.2) is 0 Å². The number of anilines is 1. The Morgan fingerprint density at radius 3 is 2.43 bits per heavy atom. The van der Waals surface area contributed by atoms with Gasteiger partial charge in [0.25, 0.3) is 5.69 Å². The second-order valence-electron chi connectivity index (χ2n) is 5.18. The molecule has 7 heteroatoms. The molecule has 0 unspecified atom stereocenters. The van der Waals surface area contributed by atoms with Crippen LogP contribution in [0.1, 0.15) is 30.1 Å². The molecule has 0 spiro atoms. The minimum absolute atomic E-state index is 0.101. The second-order valence-corrected chi connectivity index (χ2v) is 5.18. The van der Waals surface area contributed by atoms with Gasteiger partial charge in [0, 0.05) is 42.4 Å². The molecular weight excluding hydrogens is 274 g/mol. The molecule has 1 aromatic carbocycles. The number of non-ortho nitro benzene ring substituents is 1. The summed E-state index contributed by atoms with van der Waals surface area (Å²) in [5.41, 5.74) is 6.21. The molecule has 0 radical (unpaired) electrons. The first kappa shape index (κ1) is 15.0. The first-order valence-electron chi connectivity index (χ1n) is 6.73. The Morgan fingerprint density at radius 2 is 1.95 bits per heavy atom. The maximum atomic E-state index is 11.7. The number of rotatable bonds is 4. The predicted octanol–water partition coefficient (Wildman–Crippen LogP) is 1.50. The molecule has 1 aromatic rings. The summed E-state index contributed by atoms with van der Waals surface area (Å²) in [5.74, 6) is -0.657. The van der Waals surface area contributed by atoms with Crippen LogP contribution in [0.3, 0.4) is 0 Å².